The van der Waals surface area contributed by atoms with E-state index in [-0.39, 0.29) is 24.4 Å². The van der Waals surface area contributed by atoms with Crippen LogP contribution in [0, 0.1) is 0 Å². The predicted octanol–water partition coefficient (Wildman–Crippen LogP) is 3.69. The largest absolute Gasteiger partial charge is 0.312 e. The second-order valence-corrected chi connectivity index (χ2v) is 7.50. The van der Waals surface area contributed by atoms with Crippen LogP contribution in [0.4, 0.5) is 5.82 Å². The van der Waals surface area contributed by atoms with Crippen LogP contribution in [0.1, 0.15) is 12.0 Å². The van der Waals surface area contributed by atoms with E-state index < -0.39 is 0 Å². The van der Waals surface area contributed by atoms with Crippen LogP contribution in [0.3, 0.4) is 0 Å². The van der Waals surface area contributed by atoms with Gasteiger partial charge in [-0.15, -0.1) is 12.4 Å². The van der Waals surface area contributed by atoms with E-state index in [1.165, 1.54) is 0 Å². The van der Waals surface area contributed by atoms with E-state index in [4.69, 9.17) is 23.2 Å². The minimum absolute atomic E-state index is 0. The Hall–Kier alpha value is -0.920. The molecule has 0 aliphatic carbocycles. The molecule has 1 aromatic heterocycles. The highest BCUT2D eigenvalue weighted by molar-refractivity contribution is 7.99. The number of amides is 1. The van der Waals surface area contributed by atoms with Gasteiger partial charge in [0.05, 0.1) is 22.8 Å². The topological polar surface area (TPSA) is 59.0 Å². The third-order valence-corrected chi connectivity index (χ3v) is 5.75. The van der Waals surface area contributed by atoms with E-state index in [0.29, 0.717) is 28.8 Å². The van der Waals surface area contributed by atoms with Crippen LogP contribution < -0.4 is 10.6 Å². The number of nitrogens with one attached hydrogen (secondary N) is 2. The lowest BCUT2D eigenvalue weighted by atomic mass is 10.2. The number of carbonyl (C=O) groups excluding carboxylic acids is 1. The van der Waals surface area contributed by atoms with E-state index in [1.807, 2.05) is 23.9 Å². The van der Waals surface area contributed by atoms with Crippen molar-refractivity contribution in [2.24, 2.45) is 0 Å². The predicted molar refractivity (Wildman–Crippen MR) is 107 cm³/mol. The number of nitrogens with zero attached hydrogens (tertiary/aromatic N) is 2. The molecule has 2 heterocycles. The highest BCUT2D eigenvalue weighted by Gasteiger charge is 2.18. The molecular formula is C16H19Cl3N4OS. The van der Waals surface area contributed by atoms with Gasteiger partial charge in [0.2, 0.25) is 5.91 Å². The average molecular weight is 422 g/mol. The number of benzene rings is 1. The van der Waals surface area contributed by atoms with Gasteiger partial charge >= 0.3 is 0 Å². The van der Waals surface area contributed by atoms with Crippen molar-refractivity contribution in [3.05, 3.63) is 46.1 Å². The van der Waals surface area contributed by atoms with Crippen molar-refractivity contribution in [3.63, 3.8) is 0 Å². The first-order chi connectivity index (χ1) is 11.6. The minimum atomic E-state index is -0.0195. The summed E-state index contributed by atoms with van der Waals surface area (Å²) in [5.41, 5.74) is 0.855. The normalized spacial score (nSPS) is 17.0. The smallest absolute Gasteiger partial charge is 0.227 e. The van der Waals surface area contributed by atoms with Gasteiger partial charge in [-0.3, -0.25) is 4.79 Å². The second kappa shape index (κ2) is 9.69. The molecule has 25 heavy (non-hydrogen) atoms. The van der Waals surface area contributed by atoms with E-state index in [2.05, 4.69) is 15.7 Å². The van der Waals surface area contributed by atoms with Gasteiger partial charge in [-0.2, -0.15) is 16.9 Å². The Morgan fingerprint density at radius 2 is 2.24 bits per heavy atom. The van der Waals surface area contributed by atoms with Crippen molar-refractivity contribution in [2.75, 3.05) is 23.4 Å². The monoisotopic (exact) mass is 420 g/mol. The van der Waals surface area contributed by atoms with E-state index in [0.717, 1.165) is 23.6 Å². The molecule has 2 N–H and O–H groups in total. The molecule has 0 bridgehead atoms. The van der Waals surface area contributed by atoms with Gasteiger partial charge in [-0.25, -0.2) is 4.68 Å². The molecule has 5 nitrogen and oxygen atoms in total. The summed E-state index contributed by atoms with van der Waals surface area (Å²) in [6.45, 7) is 1.40. The Balaban J connectivity index is 0.00000225. The number of thioether (sulfide) groups is 1. The molecule has 1 saturated heterocycles. The number of carbonyl (C=O) groups is 1. The highest BCUT2D eigenvalue weighted by Crippen LogP contribution is 2.26. The summed E-state index contributed by atoms with van der Waals surface area (Å²) in [5.74, 6) is 2.70. The van der Waals surface area contributed by atoms with Crippen LogP contribution in [-0.4, -0.2) is 39.8 Å². The van der Waals surface area contributed by atoms with Crippen molar-refractivity contribution in [1.29, 1.82) is 0 Å². The van der Waals surface area contributed by atoms with Crippen molar-refractivity contribution in [2.45, 2.75) is 19.0 Å². The van der Waals surface area contributed by atoms with Gasteiger partial charge in [0.15, 0.2) is 0 Å². The number of rotatable bonds is 5. The van der Waals surface area contributed by atoms with Crippen LogP contribution in [0.5, 0.6) is 0 Å². The Bertz CT molecular complexity index is 719. The highest BCUT2D eigenvalue weighted by atomic mass is 35.5. The Morgan fingerprint density at radius 1 is 1.40 bits per heavy atom. The summed E-state index contributed by atoms with van der Waals surface area (Å²) in [7, 11) is 0. The zero-order valence-corrected chi connectivity index (χ0v) is 16.5. The lowest BCUT2D eigenvalue weighted by Gasteiger charge is -2.22. The summed E-state index contributed by atoms with van der Waals surface area (Å²) in [6.07, 6.45) is 2.11. The molecule has 1 atom stereocenters. The lowest BCUT2D eigenvalue weighted by molar-refractivity contribution is -0.116. The zero-order valence-electron chi connectivity index (χ0n) is 13.4. The van der Waals surface area contributed by atoms with Gasteiger partial charge in [0.1, 0.15) is 5.82 Å². The molecule has 1 unspecified atom stereocenters. The maximum Gasteiger partial charge on any atom is 0.227 e. The minimum Gasteiger partial charge on any atom is -0.312 e. The third kappa shape index (κ3) is 5.53. The fraction of sp³-hybridized carbons (Fsp3) is 0.375. The summed E-state index contributed by atoms with van der Waals surface area (Å²) < 4.78 is 1.71. The van der Waals surface area contributed by atoms with Crippen molar-refractivity contribution >= 4 is 59.1 Å². The van der Waals surface area contributed by atoms with Crippen LogP contribution in [0.15, 0.2) is 30.5 Å². The molecule has 0 radical (unpaired) electrons. The number of aromatic nitrogens is 2. The third-order valence-electron chi connectivity index (χ3n) is 3.77. The summed E-state index contributed by atoms with van der Waals surface area (Å²) in [4.78, 5) is 12.3. The van der Waals surface area contributed by atoms with Crippen LogP contribution in [0.2, 0.25) is 10.0 Å². The molecule has 1 fully saturated rings. The number of hydrogen-bond donors (Lipinski definition) is 2. The molecule has 1 aliphatic rings. The summed E-state index contributed by atoms with van der Waals surface area (Å²) in [6, 6.07) is 7.48. The van der Waals surface area contributed by atoms with Crippen LogP contribution >= 0.6 is 47.4 Å². The Labute approximate surface area is 167 Å². The second-order valence-electron chi connectivity index (χ2n) is 5.57. The first-order valence-electron chi connectivity index (χ1n) is 7.69. The molecule has 1 aromatic carbocycles. The SMILES string of the molecule is Cl.O=C(CC1CSCCN1)Nc1ccnn1Cc1cccc(Cl)c1Cl. The maximum atomic E-state index is 12.3. The van der Waals surface area contributed by atoms with Gasteiger partial charge in [-0.05, 0) is 11.6 Å². The van der Waals surface area contributed by atoms with E-state index >= 15 is 0 Å². The first kappa shape index (κ1) is 20.4. The quantitative estimate of drug-likeness (QED) is 0.773. The Kier molecular flexibility index (Phi) is 7.90. The number of anilines is 1. The van der Waals surface area contributed by atoms with Gasteiger partial charge in [0.25, 0.3) is 0 Å². The lowest BCUT2D eigenvalue weighted by Crippen LogP contribution is -2.40. The summed E-state index contributed by atoms with van der Waals surface area (Å²) >= 11 is 14.1. The number of halogens is 3. The van der Waals surface area contributed by atoms with Crippen molar-refractivity contribution < 1.29 is 4.79 Å². The molecule has 0 saturated carbocycles. The van der Waals surface area contributed by atoms with Crippen molar-refractivity contribution in [3.8, 4) is 0 Å². The first-order valence-corrected chi connectivity index (χ1v) is 9.60. The molecule has 1 amide bonds. The maximum absolute atomic E-state index is 12.3. The summed E-state index contributed by atoms with van der Waals surface area (Å²) in [5, 5.41) is 11.6. The standard InChI is InChI=1S/C16H18Cl2N4OS.ClH/c17-13-3-1-2-11(16(13)18)9-22-14(4-5-20-22)21-15(23)8-12-10-24-7-6-19-12;/h1-5,12,19H,6-10H2,(H,21,23);1H. The fourth-order valence-corrected chi connectivity index (χ4v) is 3.89. The van der Waals surface area contributed by atoms with Crippen molar-refractivity contribution in [1.82, 2.24) is 15.1 Å². The number of hydrogen-bond acceptors (Lipinski definition) is 4. The Morgan fingerprint density at radius 3 is 3.00 bits per heavy atom. The van der Waals surface area contributed by atoms with Gasteiger partial charge < -0.3 is 10.6 Å². The molecule has 0 spiro atoms. The zero-order chi connectivity index (χ0) is 16.9. The van der Waals surface area contributed by atoms with Crippen LogP contribution in [0.25, 0.3) is 0 Å². The van der Waals surface area contributed by atoms with Gasteiger partial charge in [0, 0.05) is 36.6 Å². The van der Waals surface area contributed by atoms with E-state index in [1.54, 1.807) is 23.0 Å². The average Bonchev–Trinajstić information content (AvgIpc) is 2.99. The molecular weight excluding hydrogens is 403 g/mol. The van der Waals surface area contributed by atoms with Gasteiger partial charge in [-0.1, -0.05) is 35.3 Å². The molecule has 9 heteroatoms. The fourth-order valence-electron chi connectivity index (χ4n) is 2.57. The molecule has 136 valence electrons. The molecule has 3 rings (SSSR count). The van der Waals surface area contributed by atoms with E-state index in [9.17, 15) is 4.79 Å². The molecule has 2 aromatic rings. The molecule has 1 aliphatic heterocycles. The van der Waals surface area contributed by atoms with Crippen LogP contribution in [-0.2, 0) is 11.3 Å².